The van der Waals surface area contributed by atoms with Gasteiger partial charge in [0.05, 0.1) is 57.6 Å². The van der Waals surface area contributed by atoms with Crippen molar-refractivity contribution in [1.29, 1.82) is 0 Å². The highest BCUT2D eigenvalue weighted by atomic mass is 16.5. The molecule has 0 saturated carbocycles. The Hall–Kier alpha value is -2.94. The van der Waals surface area contributed by atoms with Gasteiger partial charge in [-0.1, -0.05) is 12.1 Å². The number of ether oxygens (including phenoxy) is 4. The van der Waals surface area contributed by atoms with E-state index in [-0.39, 0.29) is 17.4 Å². The lowest BCUT2D eigenvalue weighted by molar-refractivity contribution is -0.00495. The van der Waals surface area contributed by atoms with Gasteiger partial charge in [0, 0.05) is 45.3 Å². The molecule has 0 aromatic carbocycles. The lowest BCUT2D eigenvalue weighted by atomic mass is 10.0. The zero-order valence-electron chi connectivity index (χ0n) is 22.4. The van der Waals surface area contributed by atoms with Crippen molar-refractivity contribution in [2.45, 2.75) is 19.1 Å². The molecule has 2 aromatic heterocycles. The summed E-state index contributed by atoms with van der Waals surface area (Å²) in [5.41, 5.74) is 1.39. The average Bonchev–Trinajstić information content (AvgIpc) is 2.92. The van der Waals surface area contributed by atoms with Crippen LogP contribution in [-0.4, -0.2) is 128 Å². The largest absolute Gasteiger partial charge is 0.477 e. The van der Waals surface area contributed by atoms with E-state index in [0.29, 0.717) is 96.9 Å². The van der Waals surface area contributed by atoms with E-state index < -0.39 is 11.9 Å². The summed E-state index contributed by atoms with van der Waals surface area (Å²) in [7, 11) is 1.95. The van der Waals surface area contributed by atoms with Gasteiger partial charge in [-0.2, -0.15) is 0 Å². The topological polar surface area (TPSA) is 144 Å². The Labute approximate surface area is 229 Å². The van der Waals surface area contributed by atoms with Crippen molar-refractivity contribution in [3.63, 3.8) is 0 Å². The van der Waals surface area contributed by atoms with Crippen LogP contribution in [0, 0.1) is 0 Å². The first-order valence-corrected chi connectivity index (χ1v) is 13.1. The van der Waals surface area contributed by atoms with Gasteiger partial charge < -0.3 is 29.2 Å². The van der Waals surface area contributed by atoms with Crippen LogP contribution >= 0.6 is 0 Å². The number of nitrogens with zero attached hydrogens (tertiary/aromatic N) is 4. The van der Waals surface area contributed by atoms with Crippen molar-refractivity contribution in [3.8, 4) is 0 Å². The van der Waals surface area contributed by atoms with Crippen LogP contribution in [0.5, 0.6) is 0 Å². The normalized spacial score (nSPS) is 20.1. The maximum absolute atomic E-state index is 11.3. The molecule has 2 aromatic rings. The minimum Gasteiger partial charge on any atom is -0.477 e. The molecule has 1 atom stereocenters. The van der Waals surface area contributed by atoms with Crippen molar-refractivity contribution in [2.24, 2.45) is 0 Å². The second kappa shape index (κ2) is 16.9. The van der Waals surface area contributed by atoms with Crippen molar-refractivity contribution < 1.29 is 38.7 Å². The van der Waals surface area contributed by atoms with Gasteiger partial charge in [-0.15, -0.1) is 0 Å². The predicted molar refractivity (Wildman–Crippen MR) is 144 cm³/mol. The van der Waals surface area contributed by atoms with Crippen LogP contribution < -0.4 is 0 Å². The molecule has 0 radical (unpaired) electrons. The van der Waals surface area contributed by atoms with Crippen molar-refractivity contribution >= 4 is 19.8 Å². The Balaban J connectivity index is 1.52. The third kappa shape index (κ3) is 11.8. The lowest BCUT2D eigenvalue weighted by Gasteiger charge is -2.24. The molecule has 2 N–H and O–H groups in total. The second-order valence-electron chi connectivity index (χ2n) is 9.17. The Bertz CT molecular complexity index is 1050. The number of aromatic carboxylic acids is 2. The molecule has 3 heterocycles. The number of carbonyl (C=O) groups is 2. The second-order valence-corrected chi connectivity index (χ2v) is 9.17. The summed E-state index contributed by atoms with van der Waals surface area (Å²) in [4.78, 5) is 35.2. The summed E-state index contributed by atoms with van der Waals surface area (Å²) in [6, 6.07) is 9.86. The van der Waals surface area contributed by atoms with E-state index in [9.17, 15) is 19.8 Å². The number of carboxylic acid groups (broad SMARTS) is 2. The molecule has 1 saturated heterocycles. The monoisotopic (exact) mass is 544 g/mol. The molecule has 0 aliphatic carbocycles. The maximum atomic E-state index is 11.3. The van der Waals surface area contributed by atoms with Crippen molar-refractivity contribution in [3.05, 3.63) is 59.2 Å². The van der Waals surface area contributed by atoms with E-state index in [1.807, 2.05) is 20.0 Å². The van der Waals surface area contributed by atoms with Gasteiger partial charge in [-0.25, -0.2) is 19.6 Å². The number of aromatic nitrogens is 2. The molecule has 1 unspecified atom stereocenters. The van der Waals surface area contributed by atoms with Crippen LogP contribution in [0.25, 0.3) is 0 Å². The molecule has 0 amide bonds. The molecule has 1 fully saturated rings. The summed E-state index contributed by atoms with van der Waals surface area (Å²) in [6.45, 7) is 6.72. The number of hydrogen-bond donors (Lipinski definition) is 2. The van der Waals surface area contributed by atoms with Gasteiger partial charge in [0.2, 0.25) is 0 Å². The number of rotatable bonds is 6. The smallest absolute Gasteiger partial charge is 0.354 e. The highest BCUT2D eigenvalue weighted by Crippen LogP contribution is 2.07. The number of pyridine rings is 2. The van der Waals surface area contributed by atoms with E-state index in [2.05, 4.69) is 19.8 Å². The van der Waals surface area contributed by atoms with E-state index in [1.165, 1.54) is 12.1 Å². The van der Waals surface area contributed by atoms with Crippen molar-refractivity contribution in [1.82, 2.24) is 19.8 Å². The highest BCUT2D eigenvalue weighted by molar-refractivity contribution is 6.11. The lowest BCUT2D eigenvalue weighted by Crippen LogP contribution is -2.34. The first kappa shape index (κ1) is 30.6. The average molecular weight is 544 g/mol. The fourth-order valence-electron chi connectivity index (χ4n) is 3.95. The molecule has 39 heavy (non-hydrogen) atoms. The van der Waals surface area contributed by atoms with E-state index in [0.717, 1.165) is 0 Å². The predicted octanol–water partition coefficient (Wildman–Crippen LogP) is 0.216. The van der Waals surface area contributed by atoms with Gasteiger partial charge >= 0.3 is 11.9 Å². The fraction of sp³-hybridized carbons (Fsp3) is 0.538. The van der Waals surface area contributed by atoms with Gasteiger partial charge in [0.25, 0.3) is 0 Å². The number of hydrogen-bond acceptors (Lipinski definition) is 10. The van der Waals surface area contributed by atoms with E-state index >= 15 is 0 Å². The fourth-order valence-corrected chi connectivity index (χ4v) is 3.95. The zero-order valence-corrected chi connectivity index (χ0v) is 22.4. The summed E-state index contributed by atoms with van der Waals surface area (Å²) in [5, 5.41) is 18.5. The van der Waals surface area contributed by atoms with Crippen LogP contribution in [0.15, 0.2) is 36.4 Å². The maximum Gasteiger partial charge on any atom is 0.354 e. The summed E-state index contributed by atoms with van der Waals surface area (Å²) >= 11 is 0. The molecule has 1 aliphatic rings. The van der Waals surface area contributed by atoms with Crippen LogP contribution in [0.4, 0.5) is 0 Å². The van der Waals surface area contributed by atoms with Crippen LogP contribution in [0.2, 0.25) is 0 Å². The minimum atomic E-state index is -1.05. The molecular weight excluding hydrogens is 507 g/mol. The first-order chi connectivity index (χ1) is 18.9. The quantitative estimate of drug-likeness (QED) is 0.480. The molecule has 3 rings (SSSR count). The third-order valence-electron chi connectivity index (χ3n) is 6.01. The molecule has 0 bridgehead atoms. The molecule has 13 heteroatoms. The van der Waals surface area contributed by atoms with Crippen LogP contribution in [-0.2, 0) is 32.0 Å². The molecule has 0 spiro atoms. The summed E-state index contributed by atoms with van der Waals surface area (Å²) < 4.78 is 23.3. The molecule has 1 aliphatic heterocycles. The SMILES string of the molecule is BC1COCCN(Cc2cccc(C(=O)O)n2)CCOCCOCCN(Cc2cccc(C(=O)O)n2)CCO1. The third-order valence-corrected chi connectivity index (χ3v) is 6.01. The van der Waals surface area contributed by atoms with Gasteiger partial charge in [0.15, 0.2) is 0 Å². The first-order valence-electron chi connectivity index (χ1n) is 13.1. The van der Waals surface area contributed by atoms with Gasteiger partial charge in [-0.3, -0.25) is 9.80 Å². The van der Waals surface area contributed by atoms with Gasteiger partial charge in [-0.05, 0) is 24.3 Å². The molecule has 212 valence electrons. The van der Waals surface area contributed by atoms with E-state index in [1.54, 1.807) is 12.1 Å². The molecule has 12 nitrogen and oxygen atoms in total. The Morgan fingerprint density at radius 2 is 1.21 bits per heavy atom. The molecular formula is C26H37BN4O8. The van der Waals surface area contributed by atoms with Crippen LogP contribution in [0.3, 0.4) is 0 Å². The summed E-state index contributed by atoms with van der Waals surface area (Å²) in [5.74, 6) is -2.10. The minimum absolute atomic E-state index is 0.0212. The Kier molecular flexibility index (Phi) is 13.3. The van der Waals surface area contributed by atoms with Gasteiger partial charge in [0.1, 0.15) is 19.2 Å². The highest BCUT2D eigenvalue weighted by Gasteiger charge is 2.13. The standard InChI is InChI=1S/C26H37BN4O8/c27-24-19-38-13-9-30(17-20-3-1-5-22(28-20)25(32)33)7-11-36-15-16-37-12-8-31(10-14-39-24)18-21-4-2-6-23(29-21)26(34)35/h1-6,24H,7-19,27H2,(H,32,33)(H,34,35). The Morgan fingerprint density at radius 3 is 1.69 bits per heavy atom. The van der Waals surface area contributed by atoms with Crippen LogP contribution in [0.1, 0.15) is 32.4 Å². The number of carboxylic acids is 2. The van der Waals surface area contributed by atoms with Crippen molar-refractivity contribution in [2.75, 3.05) is 72.4 Å². The summed E-state index contributed by atoms with van der Waals surface area (Å²) in [6.07, 6.45) is 0. The Morgan fingerprint density at radius 1 is 0.744 bits per heavy atom. The van der Waals surface area contributed by atoms with E-state index in [4.69, 9.17) is 18.9 Å². The zero-order chi connectivity index (χ0) is 27.9.